The van der Waals surface area contributed by atoms with Crippen molar-refractivity contribution in [3.63, 3.8) is 0 Å². The highest BCUT2D eigenvalue weighted by Gasteiger charge is 2.26. The first kappa shape index (κ1) is 12.8. The Bertz CT molecular complexity index is 605. The first-order valence-electron chi connectivity index (χ1n) is 5.71. The summed E-state index contributed by atoms with van der Waals surface area (Å²) in [6, 6.07) is 14.8. The average Bonchev–Trinajstić information content (AvgIpc) is 2.40. The van der Waals surface area contributed by atoms with Crippen LogP contribution in [0.4, 0.5) is 0 Å². The van der Waals surface area contributed by atoms with Crippen LogP contribution in [0.3, 0.4) is 0 Å². The summed E-state index contributed by atoms with van der Waals surface area (Å²) in [4.78, 5) is 22.7. The van der Waals surface area contributed by atoms with E-state index in [1.54, 1.807) is 42.5 Å². The van der Waals surface area contributed by atoms with Crippen molar-refractivity contribution in [2.45, 2.75) is 5.92 Å². The van der Waals surface area contributed by atoms with Crippen LogP contribution in [0.5, 0.6) is 0 Å². The molecule has 0 aromatic heterocycles. The molecule has 0 aliphatic carbocycles. The molecule has 2 N–H and O–H groups in total. The van der Waals surface area contributed by atoms with Crippen LogP contribution in [-0.2, 0) is 4.79 Å². The molecule has 0 aliphatic rings. The van der Waals surface area contributed by atoms with E-state index < -0.39 is 17.9 Å². The van der Waals surface area contributed by atoms with E-state index in [-0.39, 0.29) is 11.1 Å². The van der Waals surface area contributed by atoms with Gasteiger partial charge in [0, 0.05) is 0 Å². The summed E-state index contributed by atoms with van der Waals surface area (Å²) in [7, 11) is 0. The van der Waals surface area contributed by atoms with Crippen molar-refractivity contribution in [1.29, 1.82) is 0 Å². The third-order valence-electron chi connectivity index (χ3n) is 2.88. The summed E-state index contributed by atoms with van der Waals surface area (Å²) in [6.07, 6.45) is 0. The second kappa shape index (κ2) is 5.35. The van der Waals surface area contributed by atoms with Gasteiger partial charge in [-0.3, -0.25) is 4.79 Å². The molecule has 0 aliphatic heterocycles. The Balaban J connectivity index is 2.59. The van der Waals surface area contributed by atoms with Crippen LogP contribution in [0.25, 0.3) is 0 Å². The predicted molar refractivity (Wildman–Crippen MR) is 69.3 cm³/mol. The third-order valence-corrected chi connectivity index (χ3v) is 2.88. The molecule has 2 aromatic rings. The highest BCUT2D eigenvalue weighted by atomic mass is 16.4. The van der Waals surface area contributed by atoms with Gasteiger partial charge in [-0.15, -0.1) is 0 Å². The third kappa shape index (κ3) is 2.63. The highest BCUT2D eigenvalue weighted by molar-refractivity contribution is 5.93. The van der Waals surface area contributed by atoms with E-state index in [9.17, 15) is 14.7 Å². The van der Waals surface area contributed by atoms with Crippen molar-refractivity contribution in [3.05, 3.63) is 71.3 Å². The van der Waals surface area contributed by atoms with Gasteiger partial charge in [0.1, 0.15) is 5.92 Å². The fourth-order valence-electron chi connectivity index (χ4n) is 2.04. The van der Waals surface area contributed by atoms with Gasteiger partial charge in [-0.2, -0.15) is 0 Å². The molecular formula is C15H12O4. The Morgan fingerprint density at radius 1 is 0.842 bits per heavy atom. The van der Waals surface area contributed by atoms with E-state index in [1.165, 1.54) is 12.1 Å². The summed E-state index contributed by atoms with van der Waals surface area (Å²) < 4.78 is 0. The molecule has 0 saturated heterocycles. The van der Waals surface area contributed by atoms with Crippen molar-refractivity contribution in [3.8, 4) is 0 Å². The van der Waals surface area contributed by atoms with E-state index in [0.29, 0.717) is 5.56 Å². The van der Waals surface area contributed by atoms with E-state index >= 15 is 0 Å². The fraction of sp³-hybridized carbons (Fsp3) is 0.0667. The van der Waals surface area contributed by atoms with Gasteiger partial charge in [0.25, 0.3) is 0 Å². The van der Waals surface area contributed by atoms with Gasteiger partial charge < -0.3 is 10.2 Å². The molecular weight excluding hydrogens is 244 g/mol. The second-order valence-electron chi connectivity index (χ2n) is 4.07. The standard InChI is InChI=1S/C15H12O4/c16-14(17)12-9-5-4-8-11(12)13(15(18)19)10-6-2-1-3-7-10/h1-9,13H,(H,16,17)(H,18,19)/t13-/m1/s1. The average molecular weight is 256 g/mol. The van der Waals surface area contributed by atoms with Crippen molar-refractivity contribution >= 4 is 11.9 Å². The van der Waals surface area contributed by atoms with E-state index in [2.05, 4.69) is 0 Å². The molecule has 19 heavy (non-hydrogen) atoms. The number of aromatic carboxylic acids is 1. The summed E-state index contributed by atoms with van der Waals surface area (Å²) in [5, 5.41) is 18.5. The molecule has 2 aromatic carbocycles. The molecule has 96 valence electrons. The maximum atomic E-state index is 11.5. The topological polar surface area (TPSA) is 74.6 Å². The lowest BCUT2D eigenvalue weighted by Crippen LogP contribution is -2.16. The molecule has 2 rings (SSSR count). The highest BCUT2D eigenvalue weighted by Crippen LogP contribution is 2.27. The van der Waals surface area contributed by atoms with Crippen molar-refractivity contribution in [2.75, 3.05) is 0 Å². The van der Waals surface area contributed by atoms with Gasteiger partial charge in [-0.05, 0) is 17.2 Å². The van der Waals surface area contributed by atoms with Crippen LogP contribution in [0, 0.1) is 0 Å². The molecule has 4 nitrogen and oxygen atoms in total. The summed E-state index contributed by atoms with van der Waals surface area (Å²) in [5.41, 5.74) is 0.858. The van der Waals surface area contributed by atoms with Crippen molar-refractivity contribution in [1.82, 2.24) is 0 Å². The van der Waals surface area contributed by atoms with Gasteiger partial charge in [0.05, 0.1) is 5.56 Å². The smallest absolute Gasteiger partial charge is 0.336 e. The minimum atomic E-state index is -1.13. The number of carboxylic acids is 2. The van der Waals surface area contributed by atoms with Crippen LogP contribution in [-0.4, -0.2) is 22.2 Å². The first-order valence-corrected chi connectivity index (χ1v) is 5.71. The first-order chi connectivity index (χ1) is 9.11. The minimum Gasteiger partial charge on any atom is -0.481 e. The summed E-state index contributed by atoms with van der Waals surface area (Å²) in [6.45, 7) is 0. The Morgan fingerprint density at radius 3 is 2.00 bits per heavy atom. The number of hydrogen-bond donors (Lipinski definition) is 2. The quantitative estimate of drug-likeness (QED) is 0.881. The summed E-state index contributed by atoms with van der Waals surface area (Å²) >= 11 is 0. The maximum Gasteiger partial charge on any atom is 0.336 e. The van der Waals surface area contributed by atoms with Crippen molar-refractivity contribution < 1.29 is 19.8 Å². The van der Waals surface area contributed by atoms with E-state index in [0.717, 1.165) is 0 Å². The van der Waals surface area contributed by atoms with Crippen LogP contribution < -0.4 is 0 Å². The van der Waals surface area contributed by atoms with E-state index in [1.807, 2.05) is 0 Å². The molecule has 0 amide bonds. The SMILES string of the molecule is O=C(O)c1ccccc1[C@H](C(=O)O)c1ccccc1. The Labute approximate surface area is 109 Å². The monoisotopic (exact) mass is 256 g/mol. The van der Waals surface area contributed by atoms with Crippen LogP contribution >= 0.6 is 0 Å². The molecule has 0 spiro atoms. The van der Waals surface area contributed by atoms with Crippen molar-refractivity contribution in [2.24, 2.45) is 0 Å². The lowest BCUT2D eigenvalue weighted by atomic mass is 9.88. The Kier molecular flexibility index (Phi) is 3.61. The largest absolute Gasteiger partial charge is 0.481 e. The maximum absolute atomic E-state index is 11.5. The van der Waals surface area contributed by atoms with Crippen LogP contribution in [0.2, 0.25) is 0 Å². The van der Waals surface area contributed by atoms with Gasteiger partial charge in [0.15, 0.2) is 0 Å². The molecule has 0 fully saturated rings. The van der Waals surface area contributed by atoms with Crippen LogP contribution in [0.1, 0.15) is 27.4 Å². The van der Waals surface area contributed by atoms with Crippen LogP contribution in [0.15, 0.2) is 54.6 Å². The molecule has 4 heteroatoms. The molecule has 1 atom stereocenters. The van der Waals surface area contributed by atoms with Gasteiger partial charge in [-0.25, -0.2) is 4.79 Å². The lowest BCUT2D eigenvalue weighted by Gasteiger charge is -2.15. The molecule has 0 bridgehead atoms. The molecule has 0 unspecified atom stereocenters. The van der Waals surface area contributed by atoms with Gasteiger partial charge >= 0.3 is 11.9 Å². The predicted octanol–water partition coefficient (Wildman–Crippen LogP) is 2.60. The second-order valence-corrected chi connectivity index (χ2v) is 4.07. The molecule has 0 saturated carbocycles. The fourth-order valence-corrected chi connectivity index (χ4v) is 2.04. The zero-order chi connectivity index (χ0) is 13.8. The molecule has 0 heterocycles. The lowest BCUT2D eigenvalue weighted by molar-refractivity contribution is -0.137. The number of rotatable bonds is 4. The summed E-state index contributed by atoms with van der Waals surface area (Å²) in [5.74, 6) is -3.17. The number of aliphatic carboxylic acids is 1. The Hall–Kier alpha value is -2.62. The minimum absolute atomic E-state index is 0.0127. The van der Waals surface area contributed by atoms with Gasteiger partial charge in [0.2, 0.25) is 0 Å². The number of benzene rings is 2. The molecule has 0 radical (unpaired) electrons. The normalized spacial score (nSPS) is 11.8. The zero-order valence-corrected chi connectivity index (χ0v) is 9.98. The van der Waals surface area contributed by atoms with E-state index in [4.69, 9.17) is 5.11 Å². The zero-order valence-electron chi connectivity index (χ0n) is 9.98. The number of hydrogen-bond acceptors (Lipinski definition) is 2. The number of carbonyl (C=O) groups is 2. The Morgan fingerprint density at radius 2 is 1.42 bits per heavy atom. The van der Waals surface area contributed by atoms with Gasteiger partial charge in [-0.1, -0.05) is 48.5 Å². The number of carboxylic acid groups (broad SMARTS) is 2.